The minimum absolute atomic E-state index is 0. The van der Waals surface area contributed by atoms with Gasteiger partial charge in [0.05, 0.1) is 230 Å². The van der Waals surface area contributed by atoms with Gasteiger partial charge in [-0.25, -0.2) is 9.59 Å². The van der Waals surface area contributed by atoms with E-state index in [0.717, 1.165) is 11.1 Å². The highest BCUT2D eigenvalue weighted by Gasteiger charge is 2.24. The van der Waals surface area contributed by atoms with E-state index in [9.17, 15) is 38.7 Å². The van der Waals surface area contributed by atoms with Gasteiger partial charge in [0.15, 0.2) is 11.6 Å². The van der Waals surface area contributed by atoms with Crippen LogP contribution in [0.2, 0.25) is 0 Å². The van der Waals surface area contributed by atoms with Gasteiger partial charge in [-0.05, 0) is 123 Å². The zero-order valence-corrected chi connectivity index (χ0v) is 70.6. The van der Waals surface area contributed by atoms with Crippen molar-refractivity contribution >= 4 is 41.5 Å². The zero-order chi connectivity index (χ0) is 84.6. The van der Waals surface area contributed by atoms with Crippen LogP contribution in [0.25, 0.3) is 0 Å². The molecule has 0 bridgehead atoms. The molecule has 0 saturated heterocycles. The number of benzene rings is 2. The minimum Gasteiger partial charge on any atom is -0.508 e. The number of hydrogen-bond donors (Lipinski definition) is 5. The molecule has 5 N–H and O–H groups in total. The Kier molecular flexibility index (Phi) is 73.0. The van der Waals surface area contributed by atoms with E-state index in [0.29, 0.717) is 256 Å². The molecule has 0 aliphatic carbocycles. The number of aromatic hydroxyl groups is 1. The van der Waals surface area contributed by atoms with Crippen molar-refractivity contribution in [1.29, 1.82) is 0 Å². The smallest absolute Gasteiger partial charge is 0.407 e. The summed E-state index contributed by atoms with van der Waals surface area (Å²) in [5.41, 5.74) is 0.0650. The summed E-state index contributed by atoms with van der Waals surface area (Å²) < 4.78 is 119. The molecule has 0 fully saturated rings. The third-order valence-electron chi connectivity index (χ3n) is 14.7. The molecule has 0 spiro atoms. The second-order valence-electron chi connectivity index (χ2n) is 28.4. The van der Waals surface area contributed by atoms with Crippen molar-refractivity contribution in [3.8, 4) is 11.5 Å². The summed E-state index contributed by atoms with van der Waals surface area (Å²) >= 11 is 0. The van der Waals surface area contributed by atoms with Crippen LogP contribution in [0.4, 0.5) is 9.59 Å². The maximum atomic E-state index is 13.4. The Hall–Kier alpha value is -6.39. The van der Waals surface area contributed by atoms with Crippen molar-refractivity contribution < 1.29 is 143 Å². The average molecular weight is 1680 g/mol. The standard InChI is InChI=1S/C46H80N2O17.C35H60N2O13.2CH4/c1-45(2,3)64-43(51)15-19-56-25-29-62-35-36-63-39-12-10-38(11-13-39)37-40(41(49)9-8-17-54-23-27-59-32-31-58-22-21-53-7)48-42(50)14-18-55-24-28-60-33-34-61-30-26-57-20-16-47-44(52)65-46(4,5)6;1-35(2,3)50-34(41)36-12-15-45-20-23-49-27-26-48-22-19-44-14-11-33(40)37-31(28-29-7-9-30(38)10-8-29)32(39)6-5-13-43-18-21-47-25-24-46-17-16-42-4;;/h10-13,40H,8-9,14-37H2,1-7H3,(H,47,52)(H,48,50);7-10,31,38H,5-6,11-28H2,1-4H3,(H,36,41)(H,37,40);2*1H4/t40-;31-;;/m00../s1. The summed E-state index contributed by atoms with van der Waals surface area (Å²) in [5, 5.41) is 20.6. The zero-order valence-electron chi connectivity index (χ0n) is 70.6. The van der Waals surface area contributed by atoms with Crippen LogP contribution >= 0.6 is 0 Å². The number of ketones is 2. The molecule has 117 heavy (non-hydrogen) atoms. The van der Waals surface area contributed by atoms with E-state index >= 15 is 0 Å². The van der Waals surface area contributed by atoms with Crippen LogP contribution in [0, 0.1) is 0 Å². The molecule has 34 heteroatoms. The number of carbonyl (C=O) groups excluding carboxylic acids is 7. The molecule has 4 amide bonds. The number of esters is 1. The molecule has 0 aromatic heterocycles. The Labute approximate surface area is 696 Å². The predicted octanol–water partition coefficient (Wildman–Crippen LogP) is 7.60. The van der Waals surface area contributed by atoms with Crippen molar-refractivity contribution in [1.82, 2.24) is 21.3 Å². The summed E-state index contributed by atoms with van der Waals surface area (Å²) in [7, 11) is 3.24. The monoisotopic (exact) mass is 1680 g/mol. The van der Waals surface area contributed by atoms with E-state index in [1.165, 1.54) is 0 Å². The van der Waals surface area contributed by atoms with Gasteiger partial charge in [0.25, 0.3) is 0 Å². The lowest BCUT2D eigenvalue weighted by Gasteiger charge is -2.19. The molecular formula is C83H148N4O30. The van der Waals surface area contributed by atoms with Gasteiger partial charge >= 0.3 is 18.2 Å². The van der Waals surface area contributed by atoms with Crippen molar-refractivity contribution in [2.24, 2.45) is 0 Å². The maximum Gasteiger partial charge on any atom is 0.407 e. The van der Waals surface area contributed by atoms with Crippen LogP contribution in [0.5, 0.6) is 11.5 Å². The van der Waals surface area contributed by atoms with E-state index in [-0.39, 0.29) is 102 Å². The van der Waals surface area contributed by atoms with Crippen LogP contribution in [0.1, 0.15) is 133 Å². The lowest BCUT2D eigenvalue weighted by Crippen LogP contribution is -2.42. The first-order chi connectivity index (χ1) is 55.3. The largest absolute Gasteiger partial charge is 0.508 e. The summed E-state index contributed by atoms with van der Waals surface area (Å²) in [6.07, 6.45) is 1.48. The van der Waals surface area contributed by atoms with Crippen molar-refractivity contribution in [3.05, 3.63) is 59.7 Å². The van der Waals surface area contributed by atoms with Gasteiger partial charge in [-0.1, -0.05) is 39.1 Å². The van der Waals surface area contributed by atoms with Gasteiger partial charge in [-0.3, -0.25) is 24.0 Å². The van der Waals surface area contributed by atoms with Gasteiger partial charge < -0.3 is 131 Å². The van der Waals surface area contributed by atoms with Gasteiger partial charge in [0.1, 0.15) is 34.9 Å². The van der Waals surface area contributed by atoms with E-state index in [1.807, 2.05) is 45.0 Å². The molecule has 0 aliphatic rings. The number of alkyl carbamates (subject to hydrolysis) is 2. The number of ether oxygens (including phenoxy) is 22. The minimum atomic E-state index is -0.738. The van der Waals surface area contributed by atoms with Crippen molar-refractivity contribution in [3.63, 3.8) is 0 Å². The molecule has 2 rings (SSSR count). The maximum absolute atomic E-state index is 13.4. The first-order valence-electron chi connectivity index (χ1n) is 39.8. The van der Waals surface area contributed by atoms with Gasteiger partial charge in [-0.15, -0.1) is 0 Å². The number of nitrogens with one attached hydrogen (secondary N) is 4. The number of phenols is 1. The number of carbonyl (C=O) groups is 7. The molecule has 0 saturated carbocycles. The lowest BCUT2D eigenvalue weighted by atomic mass is 9.99. The van der Waals surface area contributed by atoms with Crippen molar-refractivity contribution in [2.45, 2.75) is 164 Å². The van der Waals surface area contributed by atoms with Crippen LogP contribution in [-0.2, 0) is 136 Å². The fourth-order valence-electron chi connectivity index (χ4n) is 9.28. The van der Waals surface area contributed by atoms with Gasteiger partial charge in [-0.2, -0.15) is 0 Å². The molecule has 2 atom stereocenters. The van der Waals surface area contributed by atoms with E-state index < -0.39 is 41.1 Å². The SMILES string of the molecule is C.C.COCCOCCOCCOCCCC(=O)[C@H](Cc1ccc(O)cc1)NC(=O)CCOCCOCCOCCOCCNC(=O)OC(C)(C)C.COCCOCCOCCOCCCC(=O)[C@H](Cc1ccc(OCCOCCOCCC(=O)OC(C)(C)C)cc1)NC(=O)CCOCCOCCOCCOCCNC(=O)OC(C)(C)C. The fraction of sp³-hybridized carbons (Fsp3) is 0.771. The number of methoxy groups -OCH3 is 2. The Balaban J connectivity index is 0. The summed E-state index contributed by atoms with van der Waals surface area (Å²) in [5.74, 6) is -0.327. The molecule has 2 aromatic rings. The van der Waals surface area contributed by atoms with Gasteiger partial charge in [0, 0.05) is 66.2 Å². The average Bonchev–Trinajstić information content (AvgIpc) is 0.887. The van der Waals surface area contributed by atoms with Gasteiger partial charge in [0.2, 0.25) is 11.8 Å². The van der Waals surface area contributed by atoms with E-state index in [4.69, 9.17) is 104 Å². The molecule has 0 radical (unpaired) electrons. The highest BCUT2D eigenvalue weighted by Crippen LogP contribution is 2.17. The summed E-state index contributed by atoms with van der Waals surface area (Å²) in [4.78, 5) is 87.0. The number of phenolic OH excluding ortho intramolecular Hbond substituents is 1. The summed E-state index contributed by atoms with van der Waals surface area (Å²) in [6, 6.07) is 12.5. The first-order valence-corrected chi connectivity index (χ1v) is 39.8. The van der Waals surface area contributed by atoms with Crippen LogP contribution < -0.4 is 26.0 Å². The van der Waals surface area contributed by atoms with Crippen molar-refractivity contribution in [2.75, 3.05) is 259 Å². The third-order valence-corrected chi connectivity index (χ3v) is 14.7. The second-order valence-corrected chi connectivity index (χ2v) is 28.4. The van der Waals surface area contributed by atoms with Crippen LogP contribution in [0.15, 0.2) is 48.5 Å². The van der Waals surface area contributed by atoms with Crippen LogP contribution in [-0.4, -0.2) is 334 Å². The highest BCUT2D eigenvalue weighted by atomic mass is 16.6. The fourth-order valence-corrected chi connectivity index (χ4v) is 9.28. The molecule has 2 aromatic carbocycles. The number of Topliss-reactive ketones (excluding diaryl/α,β-unsaturated/α-hetero) is 2. The Morgan fingerprint density at radius 3 is 0.889 bits per heavy atom. The highest BCUT2D eigenvalue weighted by molar-refractivity contribution is 5.90. The number of hydrogen-bond acceptors (Lipinski definition) is 30. The molecule has 0 unspecified atom stereocenters. The predicted molar refractivity (Wildman–Crippen MR) is 438 cm³/mol. The molecule has 34 nitrogen and oxygen atoms in total. The van der Waals surface area contributed by atoms with Crippen LogP contribution in [0.3, 0.4) is 0 Å². The van der Waals surface area contributed by atoms with E-state index in [1.54, 1.807) is 80.0 Å². The number of amides is 4. The third kappa shape index (κ3) is 76.7. The molecule has 0 aliphatic heterocycles. The quantitative estimate of drug-likeness (QED) is 0.0242. The summed E-state index contributed by atoms with van der Waals surface area (Å²) in [6.45, 7) is 30.4. The number of rotatable bonds is 74. The topological polar surface area (TPSA) is 391 Å². The normalized spacial score (nSPS) is 11.9. The van der Waals surface area contributed by atoms with E-state index in [2.05, 4.69) is 21.3 Å². The molecular weight excluding hydrogens is 1530 g/mol. The molecule has 0 heterocycles. The second kappa shape index (κ2) is 75.8. The Morgan fingerprint density at radius 2 is 0.581 bits per heavy atom. The Morgan fingerprint density at radius 1 is 0.316 bits per heavy atom. The Bertz CT molecular complexity index is 2720. The lowest BCUT2D eigenvalue weighted by molar-refractivity contribution is -0.156. The molecule has 680 valence electrons. The first kappa shape index (κ1) is 113.